The number of halogens is 1. The van der Waals surface area contributed by atoms with E-state index in [2.05, 4.69) is 10.6 Å². The summed E-state index contributed by atoms with van der Waals surface area (Å²) in [5.41, 5.74) is -0.633. The number of hydrogen-bond donors (Lipinski definition) is 2. The quantitative estimate of drug-likeness (QED) is 0.617. The molecule has 18 heavy (non-hydrogen) atoms. The molecule has 7 heteroatoms. The first kappa shape index (κ1) is 12.4. The molecule has 96 valence electrons. The Morgan fingerprint density at radius 3 is 2.94 bits per heavy atom. The molecule has 1 aliphatic rings. The molecule has 6 nitrogen and oxygen atoms in total. The lowest BCUT2D eigenvalue weighted by molar-refractivity contribution is -0.385. The second-order valence-electron chi connectivity index (χ2n) is 4.08. The van der Waals surface area contributed by atoms with Crippen molar-refractivity contribution in [2.24, 2.45) is 0 Å². The third-order valence-electron chi connectivity index (χ3n) is 2.80. The van der Waals surface area contributed by atoms with Crippen LogP contribution in [0.5, 0.6) is 0 Å². The summed E-state index contributed by atoms with van der Waals surface area (Å²) in [5.74, 6) is -1.28. The zero-order valence-electron chi connectivity index (χ0n) is 9.48. The van der Waals surface area contributed by atoms with E-state index in [1.807, 2.05) is 0 Å². The summed E-state index contributed by atoms with van der Waals surface area (Å²) < 4.78 is 12.9. The number of nitro benzene ring substituents is 1. The number of hydrogen-bond acceptors (Lipinski definition) is 4. The maximum Gasteiger partial charge on any atom is 0.285 e. The SMILES string of the molecule is O=C(NC1CCNC1)c1ccc(F)cc1[N+](=O)[O-]. The van der Waals surface area contributed by atoms with Gasteiger partial charge in [0.1, 0.15) is 11.4 Å². The van der Waals surface area contributed by atoms with E-state index in [9.17, 15) is 19.3 Å². The topological polar surface area (TPSA) is 84.3 Å². The normalized spacial score (nSPS) is 18.6. The van der Waals surface area contributed by atoms with Crippen molar-refractivity contribution in [1.82, 2.24) is 10.6 Å². The van der Waals surface area contributed by atoms with E-state index in [-0.39, 0.29) is 11.6 Å². The predicted molar refractivity (Wildman–Crippen MR) is 61.8 cm³/mol. The van der Waals surface area contributed by atoms with Crippen LogP contribution in [0.1, 0.15) is 16.8 Å². The molecule has 0 aliphatic carbocycles. The van der Waals surface area contributed by atoms with E-state index >= 15 is 0 Å². The van der Waals surface area contributed by atoms with Gasteiger partial charge in [0.25, 0.3) is 11.6 Å². The highest BCUT2D eigenvalue weighted by molar-refractivity contribution is 5.98. The molecule has 1 heterocycles. The van der Waals surface area contributed by atoms with Crippen LogP contribution >= 0.6 is 0 Å². The van der Waals surface area contributed by atoms with Crippen LogP contribution in [0.25, 0.3) is 0 Å². The Kier molecular flexibility index (Phi) is 3.52. The molecule has 1 amide bonds. The fourth-order valence-corrected chi connectivity index (χ4v) is 1.89. The van der Waals surface area contributed by atoms with Crippen LogP contribution in [0.15, 0.2) is 18.2 Å². The summed E-state index contributed by atoms with van der Waals surface area (Å²) >= 11 is 0. The Morgan fingerprint density at radius 2 is 2.33 bits per heavy atom. The van der Waals surface area contributed by atoms with Crippen molar-refractivity contribution >= 4 is 11.6 Å². The Hall–Kier alpha value is -2.02. The fourth-order valence-electron chi connectivity index (χ4n) is 1.89. The molecule has 2 N–H and O–H groups in total. The summed E-state index contributed by atoms with van der Waals surface area (Å²) in [6.07, 6.45) is 0.779. The third kappa shape index (κ3) is 2.62. The lowest BCUT2D eigenvalue weighted by Gasteiger charge is -2.11. The average molecular weight is 253 g/mol. The Labute approximate surface area is 102 Å². The first-order valence-electron chi connectivity index (χ1n) is 5.53. The third-order valence-corrected chi connectivity index (χ3v) is 2.80. The van der Waals surface area contributed by atoms with Gasteiger partial charge in [-0.05, 0) is 25.1 Å². The van der Waals surface area contributed by atoms with Crippen molar-refractivity contribution in [2.45, 2.75) is 12.5 Å². The molecule has 1 aromatic rings. The van der Waals surface area contributed by atoms with E-state index in [1.165, 1.54) is 0 Å². The van der Waals surface area contributed by atoms with Gasteiger partial charge in [-0.2, -0.15) is 0 Å². The van der Waals surface area contributed by atoms with Gasteiger partial charge < -0.3 is 10.6 Å². The van der Waals surface area contributed by atoms with Crippen molar-refractivity contribution in [2.75, 3.05) is 13.1 Å². The minimum atomic E-state index is -0.759. The molecule has 1 saturated heterocycles. The van der Waals surface area contributed by atoms with Gasteiger partial charge in [-0.1, -0.05) is 0 Å². The lowest BCUT2D eigenvalue weighted by atomic mass is 10.1. The van der Waals surface area contributed by atoms with Gasteiger partial charge in [-0.25, -0.2) is 4.39 Å². The minimum Gasteiger partial charge on any atom is -0.348 e. The summed E-state index contributed by atoms with van der Waals surface area (Å²) in [5, 5.41) is 16.5. The van der Waals surface area contributed by atoms with Gasteiger partial charge in [0.15, 0.2) is 0 Å². The number of benzene rings is 1. The first-order valence-corrected chi connectivity index (χ1v) is 5.53. The standard InChI is InChI=1S/C11H12FN3O3/c12-7-1-2-9(10(5-7)15(17)18)11(16)14-8-3-4-13-6-8/h1-2,5,8,13H,3-4,6H2,(H,14,16). The number of nitro groups is 1. The Morgan fingerprint density at radius 1 is 1.56 bits per heavy atom. The van der Waals surface area contributed by atoms with Crippen molar-refractivity contribution in [3.63, 3.8) is 0 Å². The van der Waals surface area contributed by atoms with Gasteiger partial charge in [-0.3, -0.25) is 14.9 Å². The highest BCUT2D eigenvalue weighted by atomic mass is 19.1. The number of nitrogens with one attached hydrogen (secondary N) is 2. The smallest absolute Gasteiger partial charge is 0.285 e. The molecular formula is C11H12FN3O3. The molecule has 0 radical (unpaired) electrons. The number of carbonyl (C=O) groups excluding carboxylic acids is 1. The van der Waals surface area contributed by atoms with Crippen LogP contribution in [-0.2, 0) is 0 Å². The largest absolute Gasteiger partial charge is 0.348 e. The Balaban J connectivity index is 2.20. The van der Waals surface area contributed by atoms with E-state index in [1.54, 1.807) is 0 Å². The van der Waals surface area contributed by atoms with Crippen molar-refractivity contribution in [3.05, 3.63) is 39.7 Å². The second kappa shape index (κ2) is 5.09. The minimum absolute atomic E-state index is 0.0397. The zero-order valence-corrected chi connectivity index (χ0v) is 9.48. The van der Waals surface area contributed by atoms with Crippen molar-refractivity contribution in [3.8, 4) is 0 Å². The van der Waals surface area contributed by atoms with Crippen molar-refractivity contribution < 1.29 is 14.1 Å². The van der Waals surface area contributed by atoms with Gasteiger partial charge >= 0.3 is 0 Å². The molecule has 0 aromatic heterocycles. The van der Waals surface area contributed by atoms with Crippen LogP contribution in [0.2, 0.25) is 0 Å². The number of nitrogens with zero attached hydrogens (tertiary/aromatic N) is 1. The molecule has 1 unspecified atom stereocenters. The van der Waals surface area contributed by atoms with Crippen LogP contribution in [-0.4, -0.2) is 30.0 Å². The monoisotopic (exact) mass is 253 g/mol. The van der Waals surface area contributed by atoms with Crippen LogP contribution in [0.4, 0.5) is 10.1 Å². The van der Waals surface area contributed by atoms with Crippen molar-refractivity contribution in [1.29, 1.82) is 0 Å². The second-order valence-corrected chi connectivity index (χ2v) is 4.08. The van der Waals surface area contributed by atoms with Crippen LogP contribution < -0.4 is 10.6 Å². The van der Waals surface area contributed by atoms with E-state index < -0.39 is 22.3 Å². The van der Waals surface area contributed by atoms with Crippen LogP contribution in [0, 0.1) is 15.9 Å². The highest BCUT2D eigenvalue weighted by Gasteiger charge is 2.24. The summed E-state index contributed by atoms with van der Waals surface area (Å²) in [6.45, 7) is 1.44. The molecule has 0 spiro atoms. The average Bonchev–Trinajstić information content (AvgIpc) is 2.81. The molecule has 0 saturated carbocycles. The summed E-state index contributed by atoms with van der Waals surface area (Å²) in [6, 6.07) is 2.88. The molecule has 1 aliphatic heterocycles. The maximum atomic E-state index is 12.9. The summed E-state index contributed by atoms with van der Waals surface area (Å²) in [4.78, 5) is 21.9. The molecular weight excluding hydrogens is 241 g/mol. The first-order chi connectivity index (χ1) is 8.58. The molecule has 1 fully saturated rings. The van der Waals surface area contributed by atoms with Gasteiger partial charge in [0, 0.05) is 12.6 Å². The predicted octanol–water partition coefficient (Wildman–Crippen LogP) is 0.826. The molecule has 0 bridgehead atoms. The van der Waals surface area contributed by atoms with Gasteiger partial charge in [0.2, 0.25) is 0 Å². The van der Waals surface area contributed by atoms with E-state index in [0.717, 1.165) is 31.2 Å². The Bertz CT molecular complexity index is 486. The van der Waals surface area contributed by atoms with Gasteiger partial charge in [-0.15, -0.1) is 0 Å². The zero-order chi connectivity index (χ0) is 13.1. The lowest BCUT2D eigenvalue weighted by Crippen LogP contribution is -2.36. The maximum absolute atomic E-state index is 12.9. The molecule has 2 rings (SSSR count). The number of carbonyl (C=O) groups is 1. The van der Waals surface area contributed by atoms with E-state index in [4.69, 9.17) is 0 Å². The fraction of sp³-hybridized carbons (Fsp3) is 0.364. The number of rotatable bonds is 3. The van der Waals surface area contributed by atoms with Crippen LogP contribution in [0.3, 0.4) is 0 Å². The van der Waals surface area contributed by atoms with Gasteiger partial charge in [0.05, 0.1) is 11.0 Å². The summed E-state index contributed by atoms with van der Waals surface area (Å²) in [7, 11) is 0. The molecule has 1 atom stereocenters. The number of amides is 1. The highest BCUT2D eigenvalue weighted by Crippen LogP contribution is 2.20. The molecule has 1 aromatic carbocycles. The van der Waals surface area contributed by atoms with E-state index in [0.29, 0.717) is 6.54 Å².